The Labute approximate surface area is 215 Å². The zero-order valence-electron chi connectivity index (χ0n) is 18.7. The van der Waals surface area contributed by atoms with Crippen molar-refractivity contribution in [2.75, 3.05) is 18.4 Å². The normalized spacial score (nSPS) is 14.6. The summed E-state index contributed by atoms with van der Waals surface area (Å²) < 4.78 is 2.61. The summed E-state index contributed by atoms with van der Waals surface area (Å²) in [6, 6.07) is 19.7. The van der Waals surface area contributed by atoms with E-state index in [2.05, 4.69) is 31.3 Å². The van der Waals surface area contributed by atoms with Gasteiger partial charge in [0.2, 0.25) is 0 Å². The highest BCUT2D eigenvalue weighted by molar-refractivity contribution is 9.10. The molecule has 1 saturated heterocycles. The first-order chi connectivity index (χ1) is 17.1. The van der Waals surface area contributed by atoms with Crippen molar-refractivity contribution in [2.45, 2.75) is 18.9 Å². The highest BCUT2D eigenvalue weighted by Gasteiger charge is 2.25. The Morgan fingerprint density at radius 2 is 1.86 bits per heavy atom. The average molecular weight is 550 g/mol. The van der Waals surface area contributed by atoms with Crippen molar-refractivity contribution in [3.05, 3.63) is 82.0 Å². The van der Waals surface area contributed by atoms with E-state index in [0.717, 1.165) is 50.9 Å². The molecule has 9 heteroatoms. The van der Waals surface area contributed by atoms with Gasteiger partial charge in [0.25, 0.3) is 5.91 Å². The number of likely N-dealkylation sites (tertiary alicyclic amines) is 1. The van der Waals surface area contributed by atoms with Crippen molar-refractivity contribution in [1.82, 2.24) is 24.5 Å². The van der Waals surface area contributed by atoms with Gasteiger partial charge < -0.3 is 15.2 Å². The van der Waals surface area contributed by atoms with Crippen molar-refractivity contribution in [3.8, 4) is 11.3 Å². The molecule has 6 rings (SSSR count). The van der Waals surface area contributed by atoms with Gasteiger partial charge in [-0.2, -0.15) is 9.61 Å². The molecule has 7 nitrogen and oxygen atoms in total. The molecular weight excluding hydrogens is 528 g/mol. The van der Waals surface area contributed by atoms with E-state index in [0.29, 0.717) is 23.8 Å². The maximum absolute atomic E-state index is 13.1. The predicted molar refractivity (Wildman–Crippen MR) is 142 cm³/mol. The minimum Gasteiger partial charge on any atom is -0.367 e. The smallest absolute Gasteiger partial charge is 0.270 e. The van der Waals surface area contributed by atoms with Crippen LogP contribution in [0.2, 0.25) is 5.02 Å². The van der Waals surface area contributed by atoms with E-state index in [9.17, 15) is 4.79 Å². The third kappa shape index (κ3) is 4.17. The second-order valence-corrected chi connectivity index (χ2v) is 9.98. The molecule has 0 bridgehead atoms. The van der Waals surface area contributed by atoms with Gasteiger partial charge in [0.15, 0.2) is 5.65 Å². The standard InChI is InChI=1S/C26H22BrClN6O/c27-19-15-29-34-24(14-22(32-25(19)34)18-6-2-3-7-20(18)28)30-17-9-11-33(12-10-17)26(35)23-13-16-5-1-4-8-21(16)31-23/h1-8,13-15,17,30-31H,9-12H2. The lowest BCUT2D eigenvalue weighted by Crippen LogP contribution is -2.42. The highest BCUT2D eigenvalue weighted by Crippen LogP contribution is 2.31. The Morgan fingerprint density at radius 3 is 2.66 bits per heavy atom. The molecule has 4 heterocycles. The average Bonchev–Trinajstić information content (AvgIpc) is 3.48. The number of benzene rings is 2. The van der Waals surface area contributed by atoms with Crippen LogP contribution in [-0.4, -0.2) is 49.5 Å². The summed E-state index contributed by atoms with van der Waals surface area (Å²) in [5.41, 5.74) is 3.98. The number of aromatic nitrogens is 4. The van der Waals surface area contributed by atoms with Crippen molar-refractivity contribution < 1.29 is 4.79 Å². The minimum absolute atomic E-state index is 0.0444. The van der Waals surface area contributed by atoms with Crippen LogP contribution >= 0.6 is 27.5 Å². The molecule has 2 aromatic carbocycles. The van der Waals surface area contributed by atoms with Crippen LogP contribution in [0.15, 0.2) is 71.3 Å². The van der Waals surface area contributed by atoms with Crippen LogP contribution < -0.4 is 5.32 Å². The predicted octanol–water partition coefficient (Wildman–Crippen LogP) is 6.01. The first-order valence-electron chi connectivity index (χ1n) is 11.5. The molecule has 0 atom stereocenters. The summed E-state index contributed by atoms with van der Waals surface area (Å²) in [7, 11) is 0. The maximum Gasteiger partial charge on any atom is 0.270 e. The first-order valence-corrected chi connectivity index (χ1v) is 12.7. The largest absolute Gasteiger partial charge is 0.367 e. The van der Waals surface area contributed by atoms with Gasteiger partial charge in [-0.3, -0.25) is 4.79 Å². The molecule has 1 amide bonds. The quantitative estimate of drug-likeness (QED) is 0.288. The number of carbonyl (C=O) groups excluding carboxylic acids is 1. The SMILES string of the molecule is O=C(c1cc2ccccc2[nH]1)N1CCC(Nc2cc(-c3ccccc3Cl)nc3c(Br)cnn23)CC1. The van der Waals surface area contributed by atoms with Gasteiger partial charge in [-0.25, -0.2) is 4.98 Å². The molecule has 0 spiro atoms. The third-order valence-electron chi connectivity index (χ3n) is 6.47. The number of nitrogens with zero attached hydrogens (tertiary/aromatic N) is 4. The molecule has 0 aliphatic carbocycles. The van der Waals surface area contributed by atoms with E-state index in [1.165, 1.54) is 0 Å². The summed E-state index contributed by atoms with van der Waals surface area (Å²) in [4.78, 5) is 23.0. The maximum atomic E-state index is 13.1. The zero-order valence-corrected chi connectivity index (χ0v) is 21.1. The van der Waals surface area contributed by atoms with Gasteiger partial charge in [0.05, 0.1) is 16.4 Å². The van der Waals surface area contributed by atoms with Gasteiger partial charge in [-0.1, -0.05) is 48.0 Å². The van der Waals surface area contributed by atoms with E-state index in [4.69, 9.17) is 16.6 Å². The number of piperidine rings is 1. The molecule has 176 valence electrons. The molecule has 0 radical (unpaired) electrons. The van der Waals surface area contributed by atoms with Crippen LogP contribution in [-0.2, 0) is 0 Å². The lowest BCUT2D eigenvalue weighted by atomic mass is 10.0. The fourth-order valence-electron chi connectivity index (χ4n) is 4.64. The Hall–Kier alpha value is -3.36. The van der Waals surface area contributed by atoms with E-state index >= 15 is 0 Å². The molecule has 3 aromatic heterocycles. The van der Waals surface area contributed by atoms with Crippen LogP contribution in [0.5, 0.6) is 0 Å². The number of para-hydroxylation sites is 1. The number of fused-ring (bicyclic) bond motifs is 2. The Balaban J connectivity index is 1.21. The number of H-pyrrole nitrogens is 1. The fourth-order valence-corrected chi connectivity index (χ4v) is 5.22. The molecule has 1 aliphatic rings. The van der Waals surface area contributed by atoms with Crippen molar-refractivity contribution in [2.24, 2.45) is 0 Å². The lowest BCUT2D eigenvalue weighted by Gasteiger charge is -2.32. The van der Waals surface area contributed by atoms with Gasteiger partial charge in [-0.05, 0) is 47.0 Å². The number of carbonyl (C=O) groups is 1. The lowest BCUT2D eigenvalue weighted by molar-refractivity contribution is 0.0713. The van der Waals surface area contributed by atoms with Gasteiger partial charge >= 0.3 is 0 Å². The molecule has 5 aromatic rings. The number of halogens is 2. The van der Waals surface area contributed by atoms with E-state index < -0.39 is 0 Å². The van der Waals surface area contributed by atoms with E-state index in [1.807, 2.05) is 65.6 Å². The molecule has 35 heavy (non-hydrogen) atoms. The Kier molecular flexibility index (Phi) is 5.70. The molecule has 2 N–H and O–H groups in total. The number of hydrogen-bond donors (Lipinski definition) is 2. The highest BCUT2D eigenvalue weighted by atomic mass is 79.9. The minimum atomic E-state index is 0.0444. The van der Waals surface area contributed by atoms with Gasteiger partial charge in [0, 0.05) is 46.7 Å². The number of amides is 1. The van der Waals surface area contributed by atoms with Crippen LogP contribution in [0, 0.1) is 0 Å². The van der Waals surface area contributed by atoms with Gasteiger partial charge in [0.1, 0.15) is 11.5 Å². The van der Waals surface area contributed by atoms with Crippen molar-refractivity contribution in [3.63, 3.8) is 0 Å². The second kappa shape index (κ2) is 9.02. The molecule has 1 aliphatic heterocycles. The fraction of sp³-hybridized carbons (Fsp3) is 0.192. The monoisotopic (exact) mass is 548 g/mol. The summed E-state index contributed by atoms with van der Waals surface area (Å²) in [6.07, 6.45) is 3.41. The summed E-state index contributed by atoms with van der Waals surface area (Å²) >= 11 is 10.0. The molecule has 0 saturated carbocycles. The van der Waals surface area contributed by atoms with Crippen LogP contribution in [0.25, 0.3) is 27.8 Å². The number of anilines is 1. The Bertz CT molecular complexity index is 1520. The number of nitrogens with one attached hydrogen (secondary N) is 2. The van der Waals surface area contributed by atoms with E-state index in [1.54, 1.807) is 10.7 Å². The summed E-state index contributed by atoms with van der Waals surface area (Å²) in [5, 5.41) is 9.82. The van der Waals surface area contributed by atoms with Crippen molar-refractivity contribution in [1.29, 1.82) is 0 Å². The topological polar surface area (TPSA) is 78.3 Å². The number of hydrogen-bond acceptors (Lipinski definition) is 4. The van der Waals surface area contributed by atoms with Gasteiger partial charge in [-0.15, -0.1) is 0 Å². The van der Waals surface area contributed by atoms with Crippen LogP contribution in [0.1, 0.15) is 23.3 Å². The van der Waals surface area contributed by atoms with Crippen molar-refractivity contribution >= 4 is 55.8 Å². The first kappa shape index (κ1) is 22.1. The molecule has 1 fully saturated rings. The number of aromatic amines is 1. The third-order valence-corrected chi connectivity index (χ3v) is 7.36. The van der Waals surface area contributed by atoms with E-state index in [-0.39, 0.29) is 11.9 Å². The number of rotatable bonds is 4. The van der Waals surface area contributed by atoms with Crippen LogP contribution in [0.4, 0.5) is 5.82 Å². The zero-order chi connectivity index (χ0) is 23.9. The summed E-state index contributed by atoms with van der Waals surface area (Å²) in [5.74, 6) is 0.888. The molecular formula is C26H22BrClN6O. The summed E-state index contributed by atoms with van der Waals surface area (Å²) in [6.45, 7) is 1.36. The van der Waals surface area contributed by atoms with Crippen LogP contribution in [0.3, 0.4) is 0 Å². The molecule has 0 unspecified atom stereocenters. The second-order valence-electron chi connectivity index (χ2n) is 8.72. The Morgan fingerprint density at radius 1 is 1.09 bits per heavy atom.